The van der Waals surface area contributed by atoms with E-state index in [2.05, 4.69) is 12.2 Å². The second kappa shape index (κ2) is 7.97. The van der Waals surface area contributed by atoms with Crippen molar-refractivity contribution in [1.29, 1.82) is 0 Å². The number of nitrogens with zero attached hydrogens (tertiary/aromatic N) is 1. The quantitative estimate of drug-likeness (QED) is 0.849. The van der Waals surface area contributed by atoms with Gasteiger partial charge in [0, 0.05) is 29.9 Å². The van der Waals surface area contributed by atoms with Crippen LogP contribution in [-0.4, -0.2) is 18.4 Å². The number of hydrogen-bond donors (Lipinski definition) is 1. The molecular formula is C21H24N2O2. The van der Waals surface area contributed by atoms with Gasteiger partial charge in [-0.25, -0.2) is 0 Å². The third-order valence-electron chi connectivity index (χ3n) is 4.55. The molecule has 0 bridgehead atoms. The van der Waals surface area contributed by atoms with E-state index in [1.165, 1.54) is 12.0 Å². The summed E-state index contributed by atoms with van der Waals surface area (Å²) in [6.07, 6.45) is 4.91. The van der Waals surface area contributed by atoms with Gasteiger partial charge in [-0.2, -0.15) is 0 Å². The summed E-state index contributed by atoms with van der Waals surface area (Å²) in [4.78, 5) is 25.9. The topological polar surface area (TPSA) is 49.4 Å². The minimum absolute atomic E-state index is 0.118. The molecule has 1 heterocycles. The number of carbonyl (C=O) groups excluding carboxylic acids is 2. The Kier molecular flexibility index (Phi) is 5.49. The summed E-state index contributed by atoms with van der Waals surface area (Å²) in [5.41, 5.74) is 3.54. The molecular weight excluding hydrogens is 312 g/mol. The molecule has 25 heavy (non-hydrogen) atoms. The Hall–Kier alpha value is -2.62. The molecule has 0 radical (unpaired) electrons. The third kappa shape index (κ3) is 4.27. The molecule has 0 aromatic heterocycles. The van der Waals surface area contributed by atoms with Crippen molar-refractivity contribution in [2.24, 2.45) is 0 Å². The number of benzene rings is 2. The highest BCUT2D eigenvalue weighted by Gasteiger charge is 2.21. The van der Waals surface area contributed by atoms with Crippen LogP contribution in [0.2, 0.25) is 0 Å². The highest BCUT2D eigenvalue weighted by molar-refractivity contribution is 6.04. The summed E-state index contributed by atoms with van der Waals surface area (Å²) in [6.45, 7) is 2.95. The maximum Gasteiger partial charge on any atom is 0.255 e. The molecule has 2 aromatic rings. The molecule has 0 atom stereocenters. The van der Waals surface area contributed by atoms with E-state index in [1.54, 1.807) is 4.90 Å². The lowest BCUT2D eigenvalue weighted by Crippen LogP contribution is -2.23. The number of amides is 2. The average molecular weight is 336 g/mol. The van der Waals surface area contributed by atoms with Gasteiger partial charge in [0.1, 0.15) is 0 Å². The van der Waals surface area contributed by atoms with Crippen LogP contribution in [0.5, 0.6) is 0 Å². The van der Waals surface area contributed by atoms with Gasteiger partial charge in [0.15, 0.2) is 0 Å². The summed E-state index contributed by atoms with van der Waals surface area (Å²) >= 11 is 0. The SMILES string of the molecule is CCCCc1ccc(C(=O)Nc2ccc(N3CCCC3=O)cc2)cc1. The van der Waals surface area contributed by atoms with E-state index < -0.39 is 0 Å². The van der Waals surface area contributed by atoms with E-state index in [9.17, 15) is 9.59 Å². The van der Waals surface area contributed by atoms with Gasteiger partial charge < -0.3 is 10.2 Å². The van der Waals surface area contributed by atoms with E-state index >= 15 is 0 Å². The Morgan fingerprint density at radius 3 is 2.40 bits per heavy atom. The van der Waals surface area contributed by atoms with Crippen LogP contribution in [0, 0.1) is 0 Å². The largest absolute Gasteiger partial charge is 0.322 e. The van der Waals surface area contributed by atoms with Gasteiger partial charge in [-0.15, -0.1) is 0 Å². The Morgan fingerprint density at radius 1 is 1.08 bits per heavy atom. The Labute approximate surface area is 148 Å². The normalized spacial score (nSPS) is 14.0. The van der Waals surface area contributed by atoms with Crippen molar-refractivity contribution < 1.29 is 9.59 Å². The molecule has 4 nitrogen and oxygen atoms in total. The zero-order chi connectivity index (χ0) is 17.6. The van der Waals surface area contributed by atoms with Crippen LogP contribution < -0.4 is 10.2 Å². The van der Waals surface area contributed by atoms with Gasteiger partial charge >= 0.3 is 0 Å². The molecule has 1 aliphatic rings. The van der Waals surface area contributed by atoms with Crippen molar-refractivity contribution >= 4 is 23.2 Å². The van der Waals surface area contributed by atoms with Crippen LogP contribution in [0.3, 0.4) is 0 Å². The number of hydrogen-bond acceptors (Lipinski definition) is 2. The molecule has 0 unspecified atom stereocenters. The molecule has 0 aliphatic carbocycles. The predicted octanol–water partition coefficient (Wildman–Crippen LogP) is 4.41. The summed E-state index contributed by atoms with van der Waals surface area (Å²) in [5, 5.41) is 2.91. The average Bonchev–Trinajstić information content (AvgIpc) is 3.07. The molecule has 3 rings (SSSR count). The lowest BCUT2D eigenvalue weighted by Gasteiger charge is -2.16. The Balaban J connectivity index is 1.61. The van der Waals surface area contributed by atoms with Crippen molar-refractivity contribution in [2.45, 2.75) is 39.0 Å². The minimum Gasteiger partial charge on any atom is -0.322 e. The van der Waals surface area contributed by atoms with E-state index in [0.29, 0.717) is 12.0 Å². The van der Waals surface area contributed by atoms with Crippen molar-refractivity contribution in [3.63, 3.8) is 0 Å². The van der Waals surface area contributed by atoms with E-state index in [1.807, 2.05) is 48.5 Å². The van der Waals surface area contributed by atoms with Gasteiger partial charge in [-0.05, 0) is 61.2 Å². The number of rotatable bonds is 6. The smallest absolute Gasteiger partial charge is 0.255 e. The number of aryl methyl sites for hydroxylation is 1. The maximum atomic E-state index is 12.4. The first-order chi connectivity index (χ1) is 12.2. The lowest BCUT2D eigenvalue weighted by molar-refractivity contribution is -0.117. The van der Waals surface area contributed by atoms with Crippen LogP contribution in [0.4, 0.5) is 11.4 Å². The van der Waals surface area contributed by atoms with Gasteiger partial charge in [0.25, 0.3) is 5.91 Å². The molecule has 1 aliphatic heterocycles. The summed E-state index contributed by atoms with van der Waals surface area (Å²) in [5.74, 6) is 0.0481. The number of nitrogens with one attached hydrogen (secondary N) is 1. The van der Waals surface area contributed by atoms with Crippen molar-refractivity contribution in [2.75, 3.05) is 16.8 Å². The molecule has 0 saturated carbocycles. The summed E-state index contributed by atoms with van der Waals surface area (Å²) in [6, 6.07) is 15.2. The molecule has 130 valence electrons. The Bertz CT molecular complexity index is 735. The van der Waals surface area contributed by atoms with Gasteiger partial charge in [-0.1, -0.05) is 25.5 Å². The van der Waals surface area contributed by atoms with Crippen LogP contribution in [0.25, 0.3) is 0 Å². The number of carbonyl (C=O) groups is 2. The lowest BCUT2D eigenvalue weighted by atomic mass is 10.1. The first-order valence-corrected chi connectivity index (χ1v) is 8.98. The third-order valence-corrected chi connectivity index (χ3v) is 4.55. The molecule has 1 fully saturated rings. The first kappa shape index (κ1) is 17.2. The fraction of sp³-hybridized carbons (Fsp3) is 0.333. The fourth-order valence-electron chi connectivity index (χ4n) is 3.05. The molecule has 4 heteroatoms. The summed E-state index contributed by atoms with van der Waals surface area (Å²) in [7, 11) is 0. The van der Waals surface area contributed by atoms with E-state index in [0.717, 1.165) is 37.2 Å². The van der Waals surface area contributed by atoms with Crippen LogP contribution >= 0.6 is 0 Å². The highest BCUT2D eigenvalue weighted by atomic mass is 16.2. The van der Waals surface area contributed by atoms with Crippen molar-refractivity contribution in [3.8, 4) is 0 Å². The molecule has 1 saturated heterocycles. The molecule has 0 spiro atoms. The molecule has 2 aromatic carbocycles. The highest BCUT2D eigenvalue weighted by Crippen LogP contribution is 2.23. The number of anilines is 2. The molecule has 1 N–H and O–H groups in total. The fourth-order valence-corrected chi connectivity index (χ4v) is 3.05. The predicted molar refractivity (Wildman–Crippen MR) is 101 cm³/mol. The van der Waals surface area contributed by atoms with Gasteiger partial charge in [-0.3, -0.25) is 9.59 Å². The molecule has 2 amide bonds. The number of unbranched alkanes of at least 4 members (excludes halogenated alkanes) is 1. The van der Waals surface area contributed by atoms with Crippen molar-refractivity contribution in [3.05, 3.63) is 59.7 Å². The summed E-state index contributed by atoms with van der Waals surface area (Å²) < 4.78 is 0. The van der Waals surface area contributed by atoms with Crippen LogP contribution in [0.15, 0.2) is 48.5 Å². The Morgan fingerprint density at radius 2 is 1.80 bits per heavy atom. The van der Waals surface area contributed by atoms with Crippen LogP contribution in [0.1, 0.15) is 48.5 Å². The second-order valence-corrected chi connectivity index (χ2v) is 6.45. The van der Waals surface area contributed by atoms with Crippen LogP contribution in [-0.2, 0) is 11.2 Å². The first-order valence-electron chi connectivity index (χ1n) is 8.98. The van der Waals surface area contributed by atoms with E-state index in [-0.39, 0.29) is 11.8 Å². The van der Waals surface area contributed by atoms with Crippen molar-refractivity contribution in [1.82, 2.24) is 0 Å². The minimum atomic E-state index is -0.118. The maximum absolute atomic E-state index is 12.4. The monoisotopic (exact) mass is 336 g/mol. The standard InChI is InChI=1S/C21H24N2O2/c1-2-3-5-16-7-9-17(10-8-16)21(25)22-18-11-13-19(14-12-18)23-15-4-6-20(23)24/h7-14H,2-6,15H2,1H3,(H,22,25). The zero-order valence-corrected chi connectivity index (χ0v) is 14.6. The van der Waals surface area contributed by atoms with E-state index in [4.69, 9.17) is 0 Å². The zero-order valence-electron chi connectivity index (χ0n) is 14.6. The second-order valence-electron chi connectivity index (χ2n) is 6.45. The van der Waals surface area contributed by atoms with Gasteiger partial charge in [0.2, 0.25) is 5.91 Å². The van der Waals surface area contributed by atoms with Gasteiger partial charge in [0.05, 0.1) is 0 Å².